The van der Waals surface area contributed by atoms with Crippen molar-refractivity contribution in [2.24, 2.45) is 0 Å². The highest BCUT2D eigenvalue weighted by Crippen LogP contribution is 2.18. The first kappa shape index (κ1) is 15.3. The van der Waals surface area contributed by atoms with Crippen molar-refractivity contribution in [3.63, 3.8) is 0 Å². The van der Waals surface area contributed by atoms with Crippen molar-refractivity contribution in [2.75, 3.05) is 25.7 Å². The number of urea groups is 1. The first-order chi connectivity index (χ1) is 8.72. The van der Waals surface area contributed by atoms with Gasteiger partial charge in [0.15, 0.2) is 0 Å². The minimum absolute atomic E-state index is 0.0335. The summed E-state index contributed by atoms with van der Waals surface area (Å²) in [6, 6.07) is 4.91. The predicted molar refractivity (Wildman–Crippen MR) is 65.5 cm³/mol. The van der Waals surface area contributed by atoms with Crippen LogP contribution < -0.4 is 4.90 Å². The number of halogens is 1. The monoisotopic (exact) mass is 292 g/mol. The molecule has 0 fully saturated rings. The second-order valence-electron chi connectivity index (χ2n) is 3.67. The number of hydrogen-bond acceptors (Lipinski definition) is 4. The molecule has 0 heterocycles. The maximum atomic E-state index is 13.5. The van der Waals surface area contributed by atoms with Gasteiger partial charge in [0, 0.05) is 14.1 Å². The number of para-hydroxylation sites is 1. The Bertz CT molecular complexity index is 563. The molecule has 0 aliphatic carbocycles. The van der Waals surface area contributed by atoms with E-state index in [9.17, 15) is 17.6 Å². The van der Waals surface area contributed by atoms with E-state index in [1.807, 2.05) is 0 Å². The Kier molecular flexibility index (Phi) is 4.81. The standard InChI is InChI=1S/C10H13FN2O5S/c1-12(7-18-19(15,16)17)10(14)13(2)9-6-4-3-5-8(9)11/h3-6H,7H2,1-2H3,(H,15,16,17). The molecule has 1 rings (SSSR count). The van der Waals surface area contributed by atoms with E-state index in [0.29, 0.717) is 0 Å². The van der Waals surface area contributed by atoms with Gasteiger partial charge < -0.3 is 4.90 Å². The van der Waals surface area contributed by atoms with Gasteiger partial charge in [-0.2, -0.15) is 8.42 Å². The number of hydrogen-bond donors (Lipinski definition) is 1. The van der Waals surface area contributed by atoms with E-state index in [1.54, 1.807) is 6.07 Å². The zero-order valence-corrected chi connectivity index (χ0v) is 11.1. The van der Waals surface area contributed by atoms with Crippen LogP contribution in [0.5, 0.6) is 0 Å². The Balaban J connectivity index is 2.75. The Morgan fingerprint density at radius 1 is 1.37 bits per heavy atom. The van der Waals surface area contributed by atoms with Crippen LogP contribution in [0, 0.1) is 5.82 Å². The molecule has 2 amide bonds. The molecule has 0 aliphatic rings. The summed E-state index contributed by atoms with van der Waals surface area (Å²) in [6.07, 6.45) is 0. The number of anilines is 1. The van der Waals surface area contributed by atoms with Gasteiger partial charge in [-0.25, -0.2) is 13.4 Å². The van der Waals surface area contributed by atoms with Crippen molar-refractivity contribution in [3.05, 3.63) is 30.1 Å². The van der Waals surface area contributed by atoms with Gasteiger partial charge in [0.1, 0.15) is 12.5 Å². The SMILES string of the molecule is CN(COS(=O)(=O)O)C(=O)N(C)c1ccccc1F. The maximum Gasteiger partial charge on any atom is 0.399 e. The van der Waals surface area contributed by atoms with E-state index >= 15 is 0 Å². The summed E-state index contributed by atoms with van der Waals surface area (Å²) in [6.45, 7) is -0.684. The quantitative estimate of drug-likeness (QED) is 0.663. The molecule has 7 nitrogen and oxygen atoms in total. The molecule has 0 unspecified atom stereocenters. The van der Waals surface area contributed by atoms with E-state index in [4.69, 9.17) is 4.55 Å². The maximum absolute atomic E-state index is 13.5. The van der Waals surface area contributed by atoms with Crippen molar-refractivity contribution in [3.8, 4) is 0 Å². The molecule has 9 heteroatoms. The van der Waals surface area contributed by atoms with Gasteiger partial charge in [-0.15, -0.1) is 0 Å². The number of amides is 2. The summed E-state index contributed by atoms with van der Waals surface area (Å²) >= 11 is 0. The summed E-state index contributed by atoms with van der Waals surface area (Å²) in [5.74, 6) is -0.595. The van der Waals surface area contributed by atoms with Crippen molar-refractivity contribution in [1.29, 1.82) is 0 Å². The first-order valence-corrected chi connectivity index (χ1v) is 6.44. The average Bonchev–Trinajstić information content (AvgIpc) is 2.34. The Morgan fingerprint density at radius 2 is 1.95 bits per heavy atom. The number of carbonyl (C=O) groups excluding carboxylic acids is 1. The summed E-state index contributed by atoms with van der Waals surface area (Å²) in [5.41, 5.74) is 0.0335. The van der Waals surface area contributed by atoms with Crippen molar-refractivity contribution in [1.82, 2.24) is 4.90 Å². The van der Waals surface area contributed by atoms with Crippen LogP contribution in [0.2, 0.25) is 0 Å². The molecule has 0 aliphatic heterocycles. The lowest BCUT2D eigenvalue weighted by Gasteiger charge is -2.24. The van der Waals surface area contributed by atoms with E-state index in [1.165, 1.54) is 32.3 Å². The molecule has 19 heavy (non-hydrogen) atoms. The van der Waals surface area contributed by atoms with Gasteiger partial charge in [0.05, 0.1) is 5.69 Å². The first-order valence-electron chi connectivity index (χ1n) is 5.07. The van der Waals surface area contributed by atoms with Crippen molar-refractivity contribution in [2.45, 2.75) is 0 Å². The largest absolute Gasteiger partial charge is 0.399 e. The fourth-order valence-corrected chi connectivity index (χ4v) is 1.58. The lowest BCUT2D eigenvalue weighted by Crippen LogP contribution is -2.40. The van der Waals surface area contributed by atoms with E-state index in [0.717, 1.165) is 9.80 Å². The van der Waals surface area contributed by atoms with Gasteiger partial charge in [0.2, 0.25) is 0 Å². The minimum atomic E-state index is -4.64. The lowest BCUT2D eigenvalue weighted by atomic mass is 10.3. The fraction of sp³-hybridized carbons (Fsp3) is 0.300. The highest BCUT2D eigenvalue weighted by Gasteiger charge is 2.19. The van der Waals surface area contributed by atoms with Crippen LogP contribution in [0.15, 0.2) is 24.3 Å². The molecule has 1 aromatic carbocycles. The highest BCUT2D eigenvalue weighted by molar-refractivity contribution is 7.80. The lowest BCUT2D eigenvalue weighted by molar-refractivity contribution is 0.152. The van der Waals surface area contributed by atoms with Crippen LogP contribution in [-0.2, 0) is 14.6 Å². The van der Waals surface area contributed by atoms with Crippen LogP contribution >= 0.6 is 0 Å². The van der Waals surface area contributed by atoms with Gasteiger partial charge in [-0.05, 0) is 12.1 Å². The van der Waals surface area contributed by atoms with Gasteiger partial charge >= 0.3 is 16.4 Å². The molecule has 106 valence electrons. The Hall–Kier alpha value is -1.71. The van der Waals surface area contributed by atoms with Gasteiger partial charge in [-0.3, -0.25) is 9.45 Å². The van der Waals surface area contributed by atoms with Crippen LogP contribution in [0.1, 0.15) is 0 Å². The third-order valence-electron chi connectivity index (χ3n) is 2.22. The van der Waals surface area contributed by atoms with Crippen molar-refractivity contribution < 1.29 is 26.3 Å². The van der Waals surface area contributed by atoms with Crippen LogP contribution in [0.25, 0.3) is 0 Å². The third-order valence-corrected chi connectivity index (χ3v) is 2.63. The molecule has 0 saturated carbocycles. The van der Waals surface area contributed by atoms with E-state index in [-0.39, 0.29) is 5.69 Å². The molecule has 1 aromatic rings. The normalized spacial score (nSPS) is 11.2. The van der Waals surface area contributed by atoms with Crippen LogP contribution in [0.4, 0.5) is 14.9 Å². The molecule has 0 atom stereocenters. The Morgan fingerprint density at radius 3 is 2.47 bits per heavy atom. The molecular weight excluding hydrogens is 279 g/mol. The molecule has 0 spiro atoms. The summed E-state index contributed by atoms with van der Waals surface area (Å²) in [5, 5.41) is 0. The van der Waals surface area contributed by atoms with E-state index in [2.05, 4.69) is 4.18 Å². The second kappa shape index (κ2) is 5.95. The zero-order valence-electron chi connectivity index (χ0n) is 10.3. The molecule has 1 N–H and O–H groups in total. The zero-order chi connectivity index (χ0) is 14.6. The number of benzene rings is 1. The number of rotatable bonds is 4. The van der Waals surface area contributed by atoms with Gasteiger partial charge in [0.25, 0.3) is 0 Å². The summed E-state index contributed by atoms with van der Waals surface area (Å²) < 4.78 is 46.6. The molecule has 0 bridgehead atoms. The highest BCUT2D eigenvalue weighted by atomic mass is 32.3. The smallest absolute Gasteiger partial charge is 0.303 e. The fourth-order valence-electron chi connectivity index (χ4n) is 1.28. The minimum Gasteiger partial charge on any atom is -0.303 e. The number of carbonyl (C=O) groups is 1. The van der Waals surface area contributed by atoms with E-state index < -0.39 is 29.0 Å². The summed E-state index contributed by atoms with van der Waals surface area (Å²) in [7, 11) is -2.07. The average molecular weight is 292 g/mol. The van der Waals surface area contributed by atoms with Crippen LogP contribution in [0.3, 0.4) is 0 Å². The molecule has 0 saturated heterocycles. The van der Waals surface area contributed by atoms with Crippen LogP contribution in [-0.4, -0.2) is 44.7 Å². The third kappa shape index (κ3) is 4.47. The van der Waals surface area contributed by atoms with Crippen molar-refractivity contribution >= 4 is 22.1 Å². The predicted octanol–water partition coefficient (Wildman–Crippen LogP) is 1.09. The molecular formula is C10H13FN2O5S. The Labute approximate surface area is 110 Å². The molecule has 0 radical (unpaired) electrons. The summed E-state index contributed by atoms with van der Waals surface area (Å²) in [4.78, 5) is 13.7. The second-order valence-corrected chi connectivity index (χ2v) is 4.76. The number of nitrogens with zero attached hydrogens (tertiary/aromatic N) is 2. The topological polar surface area (TPSA) is 87.1 Å². The van der Waals surface area contributed by atoms with Gasteiger partial charge in [-0.1, -0.05) is 12.1 Å². The molecule has 0 aromatic heterocycles.